The van der Waals surface area contributed by atoms with Crippen molar-refractivity contribution in [1.29, 1.82) is 0 Å². The molecule has 1 aromatic heterocycles. The summed E-state index contributed by atoms with van der Waals surface area (Å²) in [6.45, 7) is 1.53. The summed E-state index contributed by atoms with van der Waals surface area (Å²) < 4.78 is 12.4. The Bertz CT molecular complexity index is 239. The van der Waals surface area contributed by atoms with E-state index in [4.69, 9.17) is 9.47 Å². The molecule has 0 aliphatic carbocycles. The van der Waals surface area contributed by atoms with Crippen LogP contribution >= 0.6 is 15.9 Å². The molecule has 0 amide bonds. The highest BCUT2D eigenvalue weighted by molar-refractivity contribution is 9.10. The molecule has 1 aliphatic heterocycles. The van der Waals surface area contributed by atoms with Gasteiger partial charge in [-0.1, -0.05) is 0 Å². The molecule has 2 heterocycles. The SMILES string of the molecule is Brc1nc2n(n1)COCCO2. The van der Waals surface area contributed by atoms with Crippen LogP contribution in [-0.2, 0) is 11.5 Å². The van der Waals surface area contributed by atoms with E-state index in [2.05, 4.69) is 26.0 Å². The third kappa shape index (κ3) is 1.36. The lowest BCUT2D eigenvalue weighted by atomic mass is 10.8. The van der Waals surface area contributed by atoms with E-state index < -0.39 is 0 Å². The quantitative estimate of drug-likeness (QED) is 0.635. The van der Waals surface area contributed by atoms with Gasteiger partial charge in [-0.15, -0.1) is 5.10 Å². The van der Waals surface area contributed by atoms with Gasteiger partial charge in [0.25, 0.3) is 0 Å². The number of nitrogens with zero attached hydrogens (tertiary/aromatic N) is 3. The standard InChI is InChI=1S/C5H6BrN3O2/c6-4-7-5-9(8-4)3-10-1-2-11-5/h1-3H2. The fourth-order valence-electron chi connectivity index (χ4n) is 0.835. The number of rotatable bonds is 0. The molecule has 60 valence electrons. The van der Waals surface area contributed by atoms with Crippen molar-refractivity contribution in [2.45, 2.75) is 6.73 Å². The maximum absolute atomic E-state index is 5.20. The summed E-state index contributed by atoms with van der Waals surface area (Å²) in [5.74, 6) is 0. The van der Waals surface area contributed by atoms with Gasteiger partial charge in [0, 0.05) is 0 Å². The molecule has 0 bridgehead atoms. The molecule has 0 fully saturated rings. The minimum atomic E-state index is 0.411. The average Bonchev–Trinajstić information content (AvgIpc) is 2.17. The third-order valence-electron chi connectivity index (χ3n) is 1.28. The first-order valence-corrected chi connectivity index (χ1v) is 3.96. The fraction of sp³-hybridized carbons (Fsp3) is 0.600. The Morgan fingerprint density at radius 2 is 2.36 bits per heavy atom. The van der Waals surface area contributed by atoms with E-state index >= 15 is 0 Å². The molecule has 11 heavy (non-hydrogen) atoms. The van der Waals surface area contributed by atoms with E-state index in [-0.39, 0.29) is 0 Å². The van der Waals surface area contributed by atoms with Crippen molar-refractivity contribution in [2.75, 3.05) is 13.2 Å². The normalized spacial score (nSPS) is 16.8. The van der Waals surface area contributed by atoms with Gasteiger partial charge in [-0.2, -0.15) is 9.67 Å². The minimum absolute atomic E-state index is 0.411. The summed E-state index contributed by atoms with van der Waals surface area (Å²) in [6, 6.07) is 0.509. The molecule has 1 aromatic rings. The Morgan fingerprint density at radius 3 is 3.27 bits per heavy atom. The number of aromatic nitrogens is 3. The zero-order valence-corrected chi connectivity index (χ0v) is 7.24. The molecule has 0 aromatic carbocycles. The van der Waals surface area contributed by atoms with E-state index in [0.717, 1.165) is 0 Å². The van der Waals surface area contributed by atoms with E-state index in [0.29, 0.717) is 30.7 Å². The number of fused-ring (bicyclic) bond motifs is 1. The Balaban J connectivity index is 2.32. The fourth-order valence-corrected chi connectivity index (χ4v) is 1.18. The van der Waals surface area contributed by atoms with Crippen molar-refractivity contribution in [3.8, 4) is 6.01 Å². The van der Waals surface area contributed by atoms with Gasteiger partial charge in [-0.25, -0.2) is 0 Å². The van der Waals surface area contributed by atoms with Gasteiger partial charge in [-0.05, 0) is 15.9 Å². The minimum Gasteiger partial charge on any atom is -0.461 e. The second-order valence-corrected chi connectivity index (χ2v) is 2.76. The molecule has 2 rings (SSSR count). The first-order valence-electron chi connectivity index (χ1n) is 3.17. The van der Waals surface area contributed by atoms with Crippen LogP contribution in [0.15, 0.2) is 4.73 Å². The number of hydrogen-bond acceptors (Lipinski definition) is 4. The summed E-state index contributed by atoms with van der Waals surface area (Å²) in [5.41, 5.74) is 0. The summed E-state index contributed by atoms with van der Waals surface area (Å²) in [7, 11) is 0. The summed E-state index contributed by atoms with van der Waals surface area (Å²) in [6.07, 6.45) is 0. The Morgan fingerprint density at radius 1 is 1.45 bits per heavy atom. The lowest BCUT2D eigenvalue weighted by molar-refractivity contribution is 0.0734. The molecule has 0 radical (unpaired) electrons. The second-order valence-electron chi connectivity index (χ2n) is 2.05. The number of halogens is 1. The lowest BCUT2D eigenvalue weighted by Gasteiger charge is -1.96. The zero-order valence-electron chi connectivity index (χ0n) is 5.66. The lowest BCUT2D eigenvalue weighted by Crippen LogP contribution is -2.01. The van der Waals surface area contributed by atoms with E-state index in [1.54, 1.807) is 4.68 Å². The van der Waals surface area contributed by atoms with Crippen LogP contribution < -0.4 is 4.74 Å². The van der Waals surface area contributed by atoms with Crippen LogP contribution in [0.4, 0.5) is 0 Å². The molecule has 1 aliphatic rings. The third-order valence-corrected chi connectivity index (χ3v) is 1.62. The van der Waals surface area contributed by atoms with Gasteiger partial charge in [-0.3, -0.25) is 0 Å². The Kier molecular flexibility index (Phi) is 1.79. The first-order chi connectivity index (χ1) is 5.36. The van der Waals surface area contributed by atoms with Crippen molar-refractivity contribution >= 4 is 15.9 Å². The predicted octanol–water partition coefficient (Wildman–Crippen LogP) is 0.407. The van der Waals surface area contributed by atoms with Crippen molar-refractivity contribution in [1.82, 2.24) is 14.8 Å². The monoisotopic (exact) mass is 219 g/mol. The number of ether oxygens (including phenoxy) is 2. The molecule has 0 saturated heterocycles. The van der Waals surface area contributed by atoms with Crippen LogP contribution in [0.1, 0.15) is 0 Å². The van der Waals surface area contributed by atoms with Gasteiger partial charge in [0.05, 0.1) is 6.61 Å². The summed E-state index contributed by atoms with van der Waals surface area (Å²) >= 11 is 3.14. The average molecular weight is 220 g/mol. The highest BCUT2D eigenvalue weighted by Crippen LogP contribution is 2.13. The van der Waals surface area contributed by atoms with Gasteiger partial charge in [0.2, 0.25) is 4.73 Å². The largest absolute Gasteiger partial charge is 0.461 e. The number of hydrogen-bond donors (Lipinski definition) is 0. The molecule has 5 nitrogen and oxygen atoms in total. The molecular weight excluding hydrogens is 214 g/mol. The van der Waals surface area contributed by atoms with Crippen LogP contribution in [0.2, 0.25) is 0 Å². The molecular formula is C5H6BrN3O2. The van der Waals surface area contributed by atoms with Crippen molar-refractivity contribution in [2.24, 2.45) is 0 Å². The van der Waals surface area contributed by atoms with Crippen LogP contribution in [0.3, 0.4) is 0 Å². The molecule has 0 atom stereocenters. The second kappa shape index (κ2) is 2.78. The molecule has 0 saturated carbocycles. The maximum Gasteiger partial charge on any atom is 0.318 e. The highest BCUT2D eigenvalue weighted by atomic mass is 79.9. The maximum atomic E-state index is 5.20. The van der Waals surface area contributed by atoms with Gasteiger partial charge in [0.1, 0.15) is 13.3 Å². The zero-order chi connectivity index (χ0) is 7.68. The van der Waals surface area contributed by atoms with E-state index in [1.165, 1.54) is 0 Å². The van der Waals surface area contributed by atoms with Crippen LogP contribution in [0.25, 0.3) is 0 Å². The van der Waals surface area contributed by atoms with Crippen LogP contribution in [0, 0.1) is 0 Å². The van der Waals surface area contributed by atoms with Crippen LogP contribution in [0.5, 0.6) is 6.01 Å². The topological polar surface area (TPSA) is 49.2 Å². The van der Waals surface area contributed by atoms with E-state index in [9.17, 15) is 0 Å². The van der Waals surface area contributed by atoms with Gasteiger partial charge in [0.15, 0.2) is 0 Å². The molecule has 0 spiro atoms. The summed E-state index contributed by atoms with van der Waals surface area (Å²) in [4.78, 5) is 3.98. The molecule has 0 N–H and O–H groups in total. The molecule has 6 heteroatoms. The van der Waals surface area contributed by atoms with E-state index in [1.807, 2.05) is 0 Å². The predicted molar refractivity (Wildman–Crippen MR) is 39.2 cm³/mol. The first kappa shape index (κ1) is 7.05. The smallest absolute Gasteiger partial charge is 0.318 e. The van der Waals surface area contributed by atoms with Crippen molar-refractivity contribution in [3.63, 3.8) is 0 Å². The van der Waals surface area contributed by atoms with Crippen molar-refractivity contribution in [3.05, 3.63) is 4.73 Å². The van der Waals surface area contributed by atoms with Gasteiger partial charge < -0.3 is 9.47 Å². The van der Waals surface area contributed by atoms with Crippen molar-refractivity contribution < 1.29 is 9.47 Å². The highest BCUT2D eigenvalue weighted by Gasteiger charge is 2.11. The Labute approximate surface area is 71.4 Å². The Hall–Kier alpha value is -0.620. The summed E-state index contributed by atoms with van der Waals surface area (Å²) in [5, 5.41) is 3.98. The van der Waals surface area contributed by atoms with Gasteiger partial charge >= 0.3 is 6.01 Å². The van der Waals surface area contributed by atoms with Crippen LogP contribution in [-0.4, -0.2) is 28.0 Å². The molecule has 0 unspecified atom stereocenters.